The zero-order valence-corrected chi connectivity index (χ0v) is 35.6. The molecule has 2 heterocycles. The van der Waals surface area contributed by atoms with Gasteiger partial charge in [-0.1, -0.05) is 44.2 Å². The van der Waals surface area contributed by atoms with E-state index in [0.717, 1.165) is 13.8 Å². The molecule has 1 aromatic carbocycles. The number of alkyl carbamates (subject to hydrolysis) is 1. The number of fused-ring (bicyclic) bond motifs is 8. The number of rotatable bonds is 3. The molecule has 2 aliphatic heterocycles. The molecule has 16 heteroatoms. The SMILES string of the molecule is CC(=O)O[C@H]1C(=O)[C@@]2(C)[C@H]([C@H]3OC(=O)CCC/C=C/c4cccc(c4)[C@@H](NC(=O)OC(C)(C)C)[C@H](O)C(=O)O[C@H]4C[C@@]3(O)C(C)(C)C1=C4C)[C@@]1(OC(C)=O)CO[C@@H]1C[C@@H]2O. The summed E-state index contributed by atoms with van der Waals surface area (Å²) in [4.78, 5) is 82.8. The molecule has 1 aromatic rings. The van der Waals surface area contributed by atoms with Gasteiger partial charge >= 0.3 is 30.0 Å². The van der Waals surface area contributed by atoms with Crippen molar-refractivity contribution in [2.45, 2.75) is 154 Å². The van der Waals surface area contributed by atoms with Crippen LogP contribution in [0.3, 0.4) is 0 Å². The van der Waals surface area contributed by atoms with Crippen molar-refractivity contribution in [1.82, 2.24) is 5.32 Å². The van der Waals surface area contributed by atoms with Gasteiger partial charge in [-0.2, -0.15) is 0 Å². The number of Topliss-reactive ketones (excluding diaryl/α,β-unsaturated/α-hetero) is 1. The predicted molar refractivity (Wildman–Crippen MR) is 210 cm³/mol. The van der Waals surface area contributed by atoms with Crippen LogP contribution in [0.4, 0.5) is 4.79 Å². The summed E-state index contributed by atoms with van der Waals surface area (Å²) in [6.07, 6.45) is -7.16. The highest BCUT2D eigenvalue weighted by Crippen LogP contribution is 2.64. The van der Waals surface area contributed by atoms with Crippen molar-refractivity contribution in [3.63, 3.8) is 0 Å². The number of ether oxygens (including phenoxy) is 6. The molecular formula is C44H57NO15. The number of allylic oxidation sites excluding steroid dienone is 1. The van der Waals surface area contributed by atoms with E-state index in [0.29, 0.717) is 17.5 Å². The number of nitrogens with one attached hydrogen (secondary N) is 1. The molecule has 1 saturated heterocycles. The summed E-state index contributed by atoms with van der Waals surface area (Å²) in [6.45, 7) is 13.0. The lowest BCUT2D eigenvalue weighted by Crippen LogP contribution is -2.82. The van der Waals surface area contributed by atoms with Crippen LogP contribution in [-0.2, 0) is 52.4 Å². The van der Waals surface area contributed by atoms with Crippen molar-refractivity contribution in [1.29, 1.82) is 0 Å². The average Bonchev–Trinajstić information content (AvgIpc) is 3.13. The van der Waals surface area contributed by atoms with E-state index in [9.17, 15) is 39.3 Å². The number of carbonyl (C=O) groups excluding carboxylic acids is 6. The first-order chi connectivity index (χ1) is 27.9. The second kappa shape index (κ2) is 16.0. The number of esters is 4. The first kappa shape index (κ1) is 44.9. The number of aliphatic hydroxyl groups excluding tert-OH is 2. The van der Waals surface area contributed by atoms with E-state index in [2.05, 4.69) is 5.32 Å². The molecule has 1 amide bonds. The molecule has 5 aliphatic rings. The Kier molecular flexibility index (Phi) is 12.0. The molecular weight excluding hydrogens is 782 g/mol. The summed E-state index contributed by atoms with van der Waals surface area (Å²) in [5.74, 6) is -6.00. The number of hydrogen-bond donors (Lipinski definition) is 4. The molecule has 2 saturated carbocycles. The maximum absolute atomic E-state index is 15.4. The van der Waals surface area contributed by atoms with Gasteiger partial charge in [0.1, 0.15) is 29.5 Å². The van der Waals surface area contributed by atoms with E-state index in [1.165, 1.54) is 13.8 Å². The van der Waals surface area contributed by atoms with Gasteiger partial charge in [0.05, 0.1) is 30.1 Å². The molecule has 0 unspecified atom stereocenters. The predicted octanol–water partition coefficient (Wildman–Crippen LogP) is 3.71. The summed E-state index contributed by atoms with van der Waals surface area (Å²) >= 11 is 0. The topological polar surface area (TPSA) is 231 Å². The van der Waals surface area contributed by atoms with Crippen LogP contribution in [-0.4, -0.2) is 111 Å². The molecule has 0 aromatic heterocycles. The number of hydrogen-bond acceptors (Lipinski definition) is 15. The number of amides is 1. The van der Waals surface area contributed by atoms with Crippen molar-refractivity contribution in [3.05, 3.63) is 52.6 Å². The van der Waals surface area contributed by atoms with Crippen LogP contribution in [0.1, 0.15) is 112 Å². The van der Waals surface area contributed by atoms with Crippen LogP contribution in [0.15, 0.2) is 41.5 Å². The number of aliphatic hydroxyl groups is 3. The Morgan fingerprint density at radius 1 is 1.00 bits per heavy atom. The molecule has 0 radical (unpaired) electrons. The smallest absolute Gasteiger partial charge is 0.408 e. The quantitative estimate of drug-likeness (QED) is 0.193. The monoisotopic (exact) mass is 839 g/mol. The van der Waals surface area contributed by atoms with Crippen LogP contribution >= 0.6 is 0 Å². The Morgan fingerprint density at radius 3 is 2.32 bits per heavy atom. The lowest BCUT2D eigenvalue weighted by atomic mass is 9.44. The maximum Gasteiger partial charge on any atom is 0.408 e. The molecule has 6 rings (SSSR count). The number of ketones is 1. The van der Waals surface area contributed by atoms with E-state index in [1.54, 1.807) is 65.0 Å². The fraction of sp³-hybridized carbons (Fsp3) is 0.636. The summed E-state index contributed by atoms with van der Waals surface area (Å²) in [5, 5.41) is 40.0. The van der Waals surface area contributed by atoms with Crippen LogP contribution in [0.25, 0.3) is 6.08 Å². The van der Waals surface area contributed by atoms with Crippen molar-refractivity contribution in [2.75, 3.05) is 6.61 Å². The summed E-state index contributed by atoms with van der Waals surface area (Å²) in [7, 11) is 0. The minimum absolute atomic E-state index is 0.0147. The van der Waals surface area contributed by atoms with E-state index in [4.69, 9.17) is 28.4 Å². The first-order valence-electron chi connectivity index (χ1n) is 20.4. The Hall–Kier alpha value is -4.64. The van der Waals surface area contributed by atoms with Crippen molar-refractivity contribution < 1.29 is 72.5 Å². The highest BCUT2D eigenvalue weighted by molar-refractivity contribution is 5.95. The molecule has 16 nitrogen and oxygen atoms in total. The molecule has 3 fully saturated rings. The standard InChI is InChI=1S/C44H57NO15/c1-22-27-20-44(54)37(35-42(9,28(48)19-29-43(35,21-55-29)59-24(3)47)36(51)34(56-23(2)46)31(22)41(44,7)8)58-30(49)17-12-10-11-14-25-15-13-16-26(18-25)32(33(50)38(52)57-27)45-39(53)60-40(4,5)6/h11,13-16,18,27-29,32-35,37,48,50,54H,10,12,17,19-21H2,1-9H3,(H,45,53)/b14-11+/t27-,28-,29+,32+,33-,34+,35-,37+,42+,43+,44-/m0/s1. The van der Waals surface area contributed by atoms with Crippen LogP contribution in [0, 0.1) is 16.7 Å². The normalized spacial score (nSPS) is 37.2. The Bertz CT molecular complexity index is 2000. The molecule has 60 heavy (non-hydrogen) atoms. The molecule has 3 aliphatic carbocycles. The van der Waals surface area contributed by atoms with Crippen molar-refractivity contribution in [3.8, 4) is 0 Å². The third-order valence-corrected chi connectivity index (χ3v) is 13.0. The van der Waals surface area contributed by atoms with Gasteiger partial charge in [-0.05, 0) is 75.8 Å². The lowest BCUT2D eigenvalue weighted by Gasteiger charge is -2.67. The Morgan fingerprint density at radius 2 is 1.70 bits per heavy atom. The molecule has 0 spiro atoms. The number of benzene rings is 1. The maximum atomic E-state index is 15.4. The van der Waals surface area contributed by atoms with Gasteiger partial charge in [-0.3, -0.25) is 19.2 Å². The fourth-order valence-electron chi connectivity index (χ4n) is 10.0. The minimum Gasteiger partial charge on any atom is -0.459 e. The van der Waals surface area contributed by atoms with Gasteiger partial charge < -0.3 is 49.1 Å². The van der Waals surface area contributed by atoms with Gasteiger partial charge in [0.2, 0.25) is 0 Å². The van der Waals surface area contributed by atoms with Crippen LogP contribution in [0.2, 0.25) is 0 Å². The zero-order valence-electron chi connectivity index (χ0n) is 35.6. The average molecular weight is 840 g/mol. The minimum atomic E-state index is -2.34. The number of carbonyl (C=O) groups is 6. The highest BCUT2D eigenvalue weighted by atomic mass is 16.6. The molecule has 5 bridgehead atoms. The zero-order chi connectivity index (χ0) is 44.3. The van der Waals surface area contributed by atoms with Crippen molar-refractivity contribution in [2.24, 2.45) is 16.7 Å². The third-order valence-electron chi connectivity index (χ3n) is 13.0. The van der Waals surface area contributed by atoms with E-state index >= 15 is 4.79 Å². The van der Waals surface area contributed by atoms with Gasteiger partial charge in [0.15, 0.2) is 23.6 Å². The van der Waals surface area contributed by atoms with Gasteiger partial charge in [-0.25, -0.2) is 9.59 Å². The summed E-state index contributed by atoms with van der Waals surface area (Å²) in [5.41, 5.74) is -7.47. The summed E-state index contributed by atoms with van der Waals surface area (Å²) in [6, 6.07) is 5.31. The first-order valence-corrected chi connectivity index (χ1v) is 20.4. The second-order valence-corrected chi connectivity index (χ2v) is 18.4. The van der Waals surface area contributed by atoms with Crippen LogP contribution in [0.5, 0.6) is 0 Å². The highest BCUT2D eigenvalue weighted by Gasteiger charge is 2.78. The fourth-order valence-corrected chi connectivity index (χ4v) is 10.0. The third kappa shape index (κ3) is 7.75. The molecule has 11 atom stereocenters. The largest absolute Gasteiger partial charge is 0.459 e. The Balaban J connectivity index is 1.58. The van der Waals surface area contributed by atoms with E-state index < -0.39 is 118 Å². The van der Waals surface area contributed by atoms with Gasteiger partial charge in [-0.15, -0.1) is 0 Å². The van der Waals surface area contributed by atoms with E-state index in [1.807, 2.05) is 6.08 Å². The van der Waals surface area contributed by atoms with E-state index in [-0.39, 0.29) is 37.0 Å². The summed E-state index contributed by atoms with van der Waals surface area (Å²) < 4.78 is 35.6. The van der Waals surface area contributed by atoms with Crippen molar-refractivity contribution >= 4 is 41.8 Å². The lowest BCUT2D eigenvalue weighted by molar-refractivity contribution is -0.347. The molecule has 4 N–H and O–H groups in total. The molecule has 328 valence electrons. The van der Waals surface area contributed by atoms with Crippen LogP contribution < -0.4 is 5.32 Å². The van der Waals surface area contributed by atoms with Gasteiger partial charge in [0.25, 0.3) is 0 Å². The second-order valence-electron chi connectivity index (χ2n) is 18.4. The Labute approximate surface area is 348 Å². The van der Waals surface area contributed by atoms with Gasteiger partial charge in [0, 0.05) is 38.5 Å².